The summed E-state index contributed by atoms with van der Waals surface area (Å²) in [6, 6.07) is 16.3. The van der Waals surface area contributed by atoms with Gasteiger partial charge < -0.3 is 4.74 Å². The van der Waals surface area contributed by atoms with Gasteiger partial charge in [0.15, 0.2) is 11.6 Å². The zero-order valence-electron chi connectivity index (χ0n) is 18.0. The third kappa shape index (κ3) is 4.21. The van der Waals surface area contributed by atoms with E-state index in [1.54, 1.807) is 18.2 Å². The van der Waals surface area contributed by atoms with Crippen LogP contribution in [0.15, 0.2) is 54.6 Å². The van der Waals surface area contributed by atoms with Crippen molar-refractivity contribution in [2.45, 2.75) is 58.5 Å². The predicted octanol–water partition coefficient (Wildman–Crippen LogP) is 8.29. The van der Waals surface area contributed by atoms with E-state index in [-0.39, 0.29) is 11.3 Å². The third-order valence-electron chi connectivity index (χ3n) is 5.94. The summed E-state index contributed by atoms with van der Waals surface area (Å²) in [5.74, 6) is -1.03. The Morgan fingerprint density at radius 3 is 2.13 bits per heavy atom. The zero-order valence-corrected chi connectivity index (χ0v) is 18.0. The number of benzene rings is 3. The number of alkyl halides is 2. The summed E-state index contributed by atoms with van der Waals surface area (Å²) >= 11 is 0. The fourth-order valence-corrected chi connectivity index (χ4v) is 4.10. The summed E-state index contributed by atoms with van der Waals surface area (Å²) in [5.41, 5.74) is 3.67. The molecule has 0 unspecified atom stereocenters. The van der Waals surface area contributed by atoms with Gasteiger partial charge in [0.25, 0.3) is 0 Å². The molecule has 0 N–H and O–H groups in total. The first kappa shape index (κ1) is 21.5. The van der Waals surface area contributed by atoms with E-state index < -0.39 is 11.9 Å². The highest BCUT2D eigenvalue weighted by Crippen LogP contribution is 2.49. The number of halogens is 3. The van der Waals surface area contributed by atoms with Gasteiger partial charge >= 0.3 is 6.11 Å². The molecule has 162 valence electrons. The van der Waals surface area contributed by atoms with Gasteiger partial charge in [-0.15, -0.1) is 0 Å². The molecule has 1 aliphatic heterocycles. The van der Waals surface area contributed by atoms with Crippen LogP contribution in [-0.2, 0) is 19.0 Å². The van der Waals surface area contributed by atoms with Gasteiger partial charge in [0.1, 0.15) is 0 Å². The zero-order chi connectivity index (χ0) is 22.0. The van der Waals surface area contributed by atoms with E-state index in [1.165, 1.54) is 11.6 Å². The van der Waals surface area contributed by atoms with Crippen molar-refractivity contribution in [3.63, 3.8) is 0 Å². The van der Waals surface area contributed by atoms with Crippen LogP contribution in [0.4, 0.5) is 13.2 Å². The van der Waals surface area contributed by atoms with Crippen LogP contribution < -0.4 is 4.74 Å². The van der Waals surface area contributed by atoms with E-state index in [9.17, 15) is 13.2 Å². The van der Waals surface area contributed by atoms with Crippen molar-refractivity contribution in [1.82, 2.24) is 0 Å². The van der Waals surface area contributed by atoms with E-state index in [0.29, 0.717) is 28.7 Å². The number of rotatable bonds is 7. The molecule has 1 heterocycles. The second kappa shape index (κ2) is 8.78. The van der Waals surface area contributed by atoms with Crippen molar-refractivity contribution in [2.75, 3.05) is 0 Å². The molecule has 3 aromatic rings. The van der Waals surface area contributed by atoms with E-state index >= 15 is 0 Å². The van der Waals surface area contributed by atoms with Gasteiger partial charge in [-0.3, -0.25) is 0 Å². The van der Waals surface area contributed by atoms with Crippen molar-refractivity contribution in [3.05, 3.63) is 77.1 Å². The minimum absolute atomic E-state index is 0.228. The second-order valence-corrected chi connectivity index (χ2v) is 8.20. The van der Waals surface area contributed by atoms with Crippen molar-refractivity contribution >= 4 is 0 Å². The summed E-state index contributed by atoms with van der Waals surface area (Å²) in [6.07, 6.45) is 1.87. The second-order valence-electron chi connectivity index (χ2n) is 8.20. The lowest BCUT2D eigenvalue weighted by molar-refractivity contribution is -0.188. The fourth-order valence-electron chi connectivity index (χ4n) is 4.10. The van der Waals surface area contributed by atoms with E-state index in [4.69, 9.17) is 4.74 Å². The first-order valence-corrected chi connectivity index (χ1v) is 11.1. The maximum atomic E-state index is 14.9. The Balaban J connectivity index is 1.72. The van der Waals surface area contributed by atoms with Gasteiger partial charge in [0.2, 0.25) is 0 Å². The average molecular weight is 425 g/mol. The molecule has 0 aromatic heterocycles. The van der Waals surface area contributed by atoms with Gasteiger partial charge in [-0.1, -0.05) is 75.2 Å². The Labute approximate surface area is 181 Å². The maximum Gasteiger partial charge on any atom is 0.427 e. The number of unbranched alkanes of at least 4 members (excludes halogenated alkanes) is 2. The van der Waals surface area contributed by atoms with Crippen LogP contribution in [-0.4, -0.2) is 0 Å². The first-order chi connectivity index (χ1) is 14.9. The normalized spacial score (nSPS) is 14.0. The Hall–Kier alpha value is -2.75. The molecule has 4 rings (SSSR count). The first-order valence-electron chi connectivity index (χ1n) is 11.1. The average Bonchev–Trinajstić information content (AvgIpc) is 2.78. The Morgan fingerprint density at radius 2 is 1.42 bits per heavy atom. The highest BCUT2D eigenvalue weighted by molar-refractivity contribution is 5.80. The number of aryl methyl sites for hydroxylation is 2. The predicted molar refractivity (Wildman–Crippen MR) is 119 cm³/mol. The molecule has 0 aliphatic carbocycles. The fraction of sp³-hybridized carbons (Fsp3) is 0.333. The Morgan fingerprint density at radius 1 is 0.774 bits per heavy atom. The maximum absolute atomic E-state index is 14.9. The molecule has 0 bridgehead atoms. The largest absolute Gasteiger partial charge is 0.427 e. The van der Waals surface area contributed by atoms with Gasteiger partial charge in [-0.05, 0) is 59.6 Å². The van der Waals surface area contributed by atoms with Crippen LogP contribution in [0.5, 0.6) is 5.75 Å². The van der Waals surface area contributed by atoms with Crippen molar-refractivity contribution in [3.8, 4) is 28.0 Å². The SMILES string of the molecule is CCCCc1ccc(-c2ccc3c(c2)C(F)(F)Oc2c-3ccc(CCCC)c2F)cc1. The molecule has 1 nitrogen and oxygen atoms in total. The molecule has 0 radical (unpaired) electrons. The summed E-state index contributed by atoms with van der Waals surface area (Å²) in [7, 11) is 0. The molecule has 31 heavy (non-hydrogen) atoms. The smallest absolute Gasteiger partial charge is 0.425 e. The van der Waals surface area contributed by atoms with E-state index in [1.807, 2.05) is 37.3 Å². The summed E-state index contributed by atoms with van der Waals surface area (Å²) < 4.78 is 49.8. The Kier molecular flexibility index (Phi) is 6.08. The molecule has 4 heteroatoms. The topological polar surface area (TPSA) is 9.23 Å². The van der Waals surface area contributed by atoms with Crippen LogP contribution >= 0.6 is 0 Å². The minimum Gasteiger partial charge on any atom is -0.425 e. The standard InChI is InChI=1S/C27H27F3O/c1-3-5-7-18-9-11-19(12-10-18)21-14-15-22-23-16-13-20(8-6-4-2)25(28)26(23)31-27(29,30)24(22)17-21/h9-17H,3-8H2,1-2H3. The molecule has 0 saturated carbocycles. The number of ether oxygens (including phenoxy) is 1. The lowest BCUT2D eigenvalue weighted by atomic mass is 9.90. The summed E-state index contributed by atoms with van der Waals surface area (Å²) in [4.78, 5) is 0. The number of hydrogen-bond acceptors (Lipinski definition) is 1. The summed E-state index contributed by atoms with van der Waals surface area (Å²) in [6.45, 7) is 4.16. The van der Waals surface area contributed by atoms with Gasteiger partial charge in [-0.25, -0.2) is 4.39 Å². The number of fused-ring (bicyclic) bond motifs is 3. The van der Waals surface area contributed by atoms with Crippen molar-refractivity contribution in [2.24, 2.45) is 0 Å². The lowest BCUT2D eigenvalue weighted by Gasteiger charge is -2.29. The Bertz CT molecular complexity index is 1070. The quantitative estimate of drug-likeness (QED) is 0.371. The van der Waals surface area contributed by atoms with Crippen molar-refractivity contribution < 1.29 is 17.9 Å². The number of hydrogen-bond donors (Lipinski definition) is 0. The van der Waals surface area contributed by atoms with E-state index in [0.717, 1.165) is 37.7 Å². The van der Waals surface area contributed by atoms with Crippen LogP contribution in [0.3, 0.4) is 0 Å². The van der Waals surface area contributed by atoms with E-state index in [2.05, 4.69) is 6.92 Å². The molecular formula is C27H27F3O. The molecule has 0 saturated heterocycles. The van der Waals surface area contributed by atoms with Crippen LogP contribution in [0.1, 0.15) is 56.2 Å². The third-order valence-corrected chi connectivity index (χ3v) is 5.94. The van der Waals surface area contributed by atoms with Gasteiger partial charge in [0, 0.05) is 5.56 Å². The molecule has 0 spiro atoms. The summed E-state index contributed by atoms with van der Waals surface area (Å²) in [5, 5.41) is 0. The highest BCUT2D eigenvalue weighted by atomic mass is 19.3. The highest BCUT2D eigenvalue weighted by Gasteiger charge is 2.43. The minimum atomic E-state index is -3.59. The van der Waals surface area contributed by atoms with Gasteiger partial charge in [-0.2, -0.15) is 8.78 Å². The van der Waals surface area contributed by atoms with Gasteiger partial charge in [0.05, 0.1) is 5.56 Å². The van der Waals surface area contributed by atoms with Crippen LogP contribution in [0, 0.1) is 5.82 Å². The molecule has 0 amide bonds. The monoisotopic (exact) mass is 424 g/mol. The van der Waals surface area contributed by atoms with Crippen molar-refractivity contribution in [1.29, 1.82) is 0 Å². The molecule has 0 atom stereocenters. The lowest BCUT2D eigenvalue weighted by Crippen LogP contribution is -2.27. The molecular weight excluding hydrogens is 397 g/mol. The van der Waals surface area contributed by atoms with Crippen LogP contribution in [0.2, 0.25) is 0 Å². The molecule has 0 fully saturated rings. The molecule has 1 aliphatic rings. The molecule has 3 aromatic carbocycles. The van der Waals surface area contributed by atoms with Crippen LogP contribution in [0.25, 0.3) is 22.3 Å².